The first-order valence-corrected chi connectivity index (χ1v) is 6.83. The Balaban J connectivity index is 2.77. The largest absolute Gasteiger partial charge is 0.480 e. The van der Waals surface area contributed by atoms with Crippen molar-refractivity contribution in [1.82, 2.24) is 10.0 Å². The Morgan fingerprint density at radius 1 is 1.21 bits per heavy atom. The first-order chi connectivity index (χ1) is 8.72. The minimum absolute atomic E-state index is 0.0729. The molecule has 0 aliphatic heterocycles. The molecule has 0 fully saturated rings. The second kappa shape index (κ2) is 5.70. The Labute approximate surface area is 110 Å². The molecule has 0 saturated heterocycles. The molecule has 0 unspecified atom stereocenters. The highest BCUT2D eigenvalue weighted by Gasteiger charge is 2.20. The van der Waals surface area contributed by atoms with Gasteiger partial charge in [0.1, 0.15) is 6.04 Å². The number of benzene rings is 1. The first-order valence-electron chi connectivity index (χ1n) is 5.35. The van der Waals surface area contributed by atoms with Crippen LogP contribution in [0.15, 0.2) is 29.2 Å². The molecular weight excluding hydrogens is 272 g/mol. The van der Waals surface area contributed by atoms with E-state index in [9.17, 15) is 18.0 Å². The number of hydrogen-bond donors (Lipinski definition) is 3. The third-order valence-electron chi connectivity index (χ3n) is 2.28. The molecule has 0 aromatic heterocycles. The average molecular weight is 286 g/mol. The Morgan fingerprint density at radius 3 is 2.21 bits per heavy atom. The maximum absolute atomic E-state index is 11.8. The van der Waals surface area contributed by atoms with Crippen LogP contribution in [-0.2, 0) is 14.8 Å². The maximum Gasteiger partial charge on any atom is 0.329 e. The van der Waals surface area contributed by atoms with E-state index in [4.69, 9.17) is 5.11 Å². The van der Waals surface area contributed by atoms with Gasteiger partial charge in [0.2, 0.25) is 0 Å². The van der Waals surface area contributed by atoms with Crippen molar-refractivity contribution in [2.45, 2.75) is 24.8 Å². The number of nitrogens with one attached hydrogen (secondary N) is 2. The van der Waals surface area contributed by atoms with Crippen LogP contribution in [-0.4, -0.2) is 31.6 Å². The van der Waals surface area contributed by atoms with E-state index in [2.05, 4.69) is 0 Å². The molecule has 0 radical (unpaired) electrons. The molecule has 8 heteroatoms. The zero-order valence-electron chi connectivity index (χ0n) is 10.4. The van der Waals surface area contributed by atoms with Crippen molar-refractivity contribution >= 4 is 22.0 Å². The van der Waals surface area contributed by atoms with Gasteiger partial charge >= 0.3 is 12.0 Å². The minimum atomic E-state index is -4.00. The van der Waals surface area contributed by atoms with Gasteiger partial charge in [0.15, 0.2) is 0 Å². The fourth-order valence-corrected chi connectivity index (χ4v) is 2.10. The van der Waals surface area contributed by atoms with Gasteiger partial charge in [-0.25, -0.2) is 17.9 Å². The molecule has 2 amide bonds. The SMILES string of the molecule is Cc1ccc(S(=O)(=O)NC(=O)N[C@H](C)C(=O)O)cc1. The van der Waals surface area contributed by atoms with Gasteiger partial charge in [-0.2, -0.15) is 0 Å². The van der Waals surface area contributed by atoms with Crippen LogP contribution in [0.5, 0.6) is 0 Å². The highest BCUT2D eigenvalue weighted by molar-refractivity contribution is 7.90. The standard InChI is InChI=1S/C11H14N2O5S/c1-7-3-5-9(6-4-7)19(17,18)13-11(16)12-8(2)10(14)15/h3-6,8H,1-2H3,(H,14,15)(H2,12,13,16)/t8-/m1/s1. The summed E-state index contributed by atoms with van der Waals surface area (Å²) in [5.41, 5.74) is 0.878. The molecule has 0 saturated carbocycles. The summed E-state index contributed by atoms with van der Waals surface area (Å²) in [6, 6.07) is 3.61. The summed E-state index contributed by atoms with van der Waals surface area (Å²) in [6.07, 6.45) is 0. The summed E-state index contributed by atoms with van der Waals surface area (Å²) in [6.45, 7) is 3.02. The smallest absolute Gasteiger partial charge is 0.329 e. The topological polar surface area (TPSA) is 113 Å². The van der Waals surface area contributed by atoms with Crippen LogP contribution in [0.3, 0.4) is 0 Å². The van der Waals surface area contributed by atoms with Crippen LogP contribution in [0.4, 0.5) is 4.79 Å². The molecule has 0 bridgehead atoms. The molecule has 0 spiro atoms. The summed E-state index contributed by atoms with van der Waals surface area (Å²) < 4.78 is 25.3. The number of aryl methyl sites for hydroxylation is 1. The Bertz CT molecular complexity index is 580. The van der Waals surface area contributed by atoms with Crippen molar-refractivity contribution in [3.8, 4) is 0 Å². The van der Waals surface area contributed by atoms with Crippen molar-refractivity contribution in [3.63, 3.8) is 0 Å². The molecular formula is C11H14N2O5S. The van der Waals surface area contributed by atoms with E-state index in [0.717, 1.165) is 5.56 Å². The lowest BCUT2D eigenvalue weighted by Crippen LogP contribution is -2.46. The molecule has 1 atom stereocenters. The van der Waals surface area contributed by atoms with Crippen LogP contribution < -0.4 is 10.0 Å². The predicted molar refractivity (Wildman–Crippen MR) is 67.1 cm³/mol. The summed E-state index contributed by atoms with van der Waals surface area (Å²) >= 11 is 0. The van der Waals surface area contributed by atoms with Gasteiger partial charge in [0.05, 0.1) is 4.90 Å². The Morgan fingerprint density at radius 2 is 1.74 bits per heavy atom. The van der Waals surface area contributed by atoms with Gasteiger partial charge in [-0.05, 0) is 26.0 Å². The molecule has 1 aromatic rings. The van der Waals surface area contributed by atoms with Crippen LogP contribution in [0, 0.1) is 6.92 Å². The quantitative estimate of drug-likeness (QED) is 0.744. The van der Waals surface area contributed by atoms with Crippen molar-refractivity contribution < 1.29 is 23.1 Å². The van der Waals surface area contributed by atoms with E-state index < -0.39 is 28.1 Å². The second-order valence-electron chi connectivity index (χ2n) is 3.95. The number of amides is 2. The van der Waals surface area contributed by atoms with Crippen molar-refractivity contribution in [2.24, 2.45) is 0 Å². The number of rotatable bonds is 4. The van der Waals surface area contributed by atoms with E-state index >= 15 is 0 Å². The summed E-state index contributed by atoms with van der Waals surface area (Å²) in [5, 5.41) is 10.6. The lowest BCUT2D eigenvalue weighted by molar-refractivity contribution is -0.138. The molecule has 19 heavy (non-hydrogen) atoms. The third kappa shape index (κ3) is 4.25. The number of aliphatic carboxylic acids is 1. The lowest BCUT2D eigenvalue weighted by Gasteiger charge is -2.11. The normalized spacial score (nSPS) is 12.5. The Kier molecular flexibility index (Phi) is 4.49. The van der Waals surface area contributed by atoms with Crippen LogP contribution >= 0.6 is 0 Å². The van der Waals surface area contributed by atoms with Crippen molar-refractivity contribution in [2.75, 3.05) is 0 Å². The van der Waals surface area contributed by atoms with E-state index in [1.807, 2.05) is 5.32 Å². The van der Waals surface area contributed by atoms with E-state index in [1.54, 1.807) is 23.8 Å². The molecule has 1 aromatic carbocycles. The highest BCUT2D eigenvalue weighted by Crippen LogP contribution is 2.09. The molecule has 0 aliphatic rings. The third-order valence-corrected chi connectivity index (χ3v) is 3.62. The molecule has 0 heterocycles. The van der Waals surface area contributed by atoms with E-state index in [-0.39, 0.29) is 4.90 Å². The fraction of sp³-hybridized carbons (Fsp3) is 0.273. The summed E-state index contributed by atoms with van der Waals surface area (Å²) in [7, 11) is -4.00. The zero-order valence-corrected chi connectivity index (χ0v) is 11.2. The van der Waals surface area contributed by atoms with Crippen molar-refractivity contribution in [3.05, 3.63) is 29.8 Å². The van der Waals surface area contributed by atoms with Crippen LogP contribution in [0.2, 0.25) is 0 Å². The number of carbonyl (C=O) groups excluding carboxylic acids is 1. The summed E-state index contributed by atoms with van der Waals surface area (Å²) in [4.78, 5) is 21.8. The molecule has 3 N–H and O–H groups in total. The lowest BCUT2D eigenvalue weighted by atomic mass is 10.2. The fourth-order valence-electron chi connectivity index (χ4n) is 1.19. The number of carboxylic acid groups (broad SMARTS) is 1. The molecule has 1 rings (SSSR count). The van der Waals surface area contributed by atoms with E-state index in [0.29, 0.717) is 0 Å². The zero-order chi connectivity index (χ0) is 14.6. The van der Waals surface area contributed by atoms with Crippen LogP contribution in [0.25, 0.3) is 0 Å². The van der Waals surface area contributed by atoms with Gasteiger partial charge in [-0.3, -0.25) is 4.79 Å². The second-order valence-corrected chi connectivity index (χ2v) is 5.63. The maximum atomic E-state index is 11.8. The average Bonchev–Trinajstić information content (AvgIpc) is 2.28. The molecule has 104 valence electrons. The number of sulfonamides is 1. The minimum Gasteiger partial charge on any atom is -0.480 e. The van der Waals surface area contributed by atoms with Crippen LogP contribution in [0.1, 0.15) is 12.5 Å². The van der Waals surface area contributed by atoms with Gasteiger partial charge in [-0.15, -0.1) is 0 Å². The number of hydrogen-bond acceptors (Lipinski definition) is 4. The molecule has 0 aliphatic carbocycles. The van der Waals surface area contributed by atoms with Crippen molar-refractivity contribution in [1.29, 1.82) is 0 Å². The van der Waals surface area contributed by atoms with Gasteiger partial charge < -0.3 is 10.4 Å². The first kappa shape index (κ1) is 15.0. The number of carboxylic acids is 1. The Hall–Kier alpha value is -2.09. The molecule has 7 nitrogen and oxygen atoms in total. The van der Waals surface area contributed by atoms with Gasteiger partial charge in [-0.1, -0.05) is 17.7 Å². The van der Waals surface area contributed by atoms with Gasteiger partial charge in [0, 0.05) is 0 Å². The highest BCUT2D eigenvalue weighted by atomic mass is 32.2. The number of urea groups is 1. The van der Waals surface area contributed by atoms with E-state index in [1.165, 1.54) is 19.1 Å². The monoisotopic (exact) mass is 286 g/mol. The summed E-state index contributed by atoms with van der Waals surface area (Å²) in [5.74, 6) is -1.26. The number of carbonyl (C=O) groups is 2. The predicted octanol–water partition coefficient (Wildman–Crippen LogP) is 0.456. The van der Waals surface area contributed by atoms with Gasteiger partial charge in [0.25, 0.3) is 10.0 Å².